The number of thioether (sulfide) groups is 1. The number of ether oxygens (including phenoxy) is 1. The maximum absolute atomic E-state index is 12.3. The van der Waals surface area contributed by atoms with Gasteiger partial charge < -0.3 is 10.1 Å². The van der Waals surface area contributed by atoms with E-state index in [0.717, 1.165) is 26.1 Å². The molecule has 0 radical (unpaired) electrons. The first kappa shape index (κ1) is 19.7. The van der Waals surface area contributed by atoms with Crippen molar-refractivity contribution in [3.63, 3.8) is 0 Å². The number of hydrogen-bond donors (Lipinski definition) is 1. The van der Waals surface area contributed by atoms with Gasteiger partial charge in [-0.3, -0.25) is 4.79 Å². The molecule has 3 aromatic rings. The van der Waals surface area contributed by atoms with E-state index in [1.165, 1.54) is 11.8 Å². The topological polar surface area (TPSA) is 50.7 Å². The number of amides is 1. The third kappa shape index (κ3) is 5.48. The molecule has 0 atom stereocenters. The van der Waals surface area contributed by atoms with Crippen molar-refractivity contribution in [2.75, 3.05) is 0 Å². The molecule has 4 rings (SSSR count). The van der Waals surface area contributed by atoms with Gasteiger partial charge in [-0.25, -0.2) is 4.99 Å². The molecule has 0 spiro atoms. The van der Waals surface area contributed by atoms with Gasteiger partial charge in [-0.1, -0.05) is 42.5 Å². The van der Waals surface area contributed by atoms with Crippen LogP contribution in [0, 0.1) is 3.57 Å². The number of carbonyl (C=O) groups excluding carboxylic acids is 1. The van der Waals surface area contributed by atoms with Gasteiger partial charge >= 0.3 is 0 Å². The lowest BCUT2D eigenvalue weighted by molar-refractivity contribution is -0.115. The molecular weight excluding hydrogens is 495 g/mol. The largest absolute Gasteiger partial charge is 0.489 e. The monoisotopic (exact) mass is 512 g/mol. The summed E-state index contributed by atoms with van der Waals surface area (Å²) < 4.78 is 7.02. The van der Waals surface area contributed by atoms with E-state index >= 15 is 0 Å². The van der Waals surface area contributed by atoms with Gasteiger partial charge in [0.05, 0.1) is 10.6 Å². The van der Waals surface area contributed by atoms with Gasteiger partial charge in [-0.15, -0.1) is 0 Å². The lowest BCUT2D eigenvalue weighted by Gasteiger charge is -2.07. The molecule has 1 aliphatic heterocycles. The molecule has 3 aromatic carbocycles. The Hall–Kier alpha value is -2.58. The fourth-order valence-corrected chi connectivity index (χ4v) is 3.90. The molecule has 0 unspecified atom stereocenters. The Kier molecular flexibility index (Phi) is 6.31. The molecule has 0 aromatic heterocycles. The van der Waals surface area contributed by atoms with Crippen molar-refractivity contribution in [3.05, 3.63) is 98.5 Å². The van der Waals surface area contributed by atoms with Crippen molar-refractivity contribution in [2.45, 2.75) is 6.61 Å². The van der Waals surface area contributed by atoms with Crippen LogP contribution in [0.1, 0.15) is 11.1 Å². The van der Waals surface area contributed by atoms with E-state index in [4.69, 9.17) is 4.74 Å². The molecule has 1 heterocycles. The third-order valence-electron chi connectivity index (χ3n) is 4.11. The fraction of sp³-hybridized carbons (Fsp3) is 0.0435. The molecular formula is C23H17IN2O2S. The van der Waals surface area contributed by atoms with Crippen molar-refractivity contribution < 1.29 is 9.53 Å². The Morgan fingerprint density at radius 2 is 1.79 bits per heavy atom. The molecule has 0 aliphatic carbocycles. The number of rotatable bonds is 5. The zero-order valence-corrected chi connectivity index (χ0v) is 18.3. The van der Waals surface area contributed by atoms with E-state index in [0.29, 0.717) is 16.7 Å². The summed E-state index contributed by atoms with van der Waals surface area (Å²) in [6.07, 6.45) is 1.85. The van der Waals surface area contributed by atoms with Gasteiger partial charge in [-0.05, 0) is 88.0 Å². The molecule has 1 amide bonds. The molecule has 0 saturated carbocycles. The van der Waals surface area contributed by atoms with Crippen molar-refractivity contribution in [1.82, 2.24) is 5.32 Å². The van der Waals surface area contributed by atoms with Crippen LogP contribution in [0.2, 0.25) is 0 Å². The standard InChI is InChI=1S/C23H17IN2O2S/c24-18-9-11-19(12-10-18)25-23-26-22(27)21(29-23)14-17-7-4-8-20(13-17)28-15-16-5-2-1-3-6-16/h1-14H,15H2,(H,25,26,27)/b21-14+. The molecule has 1 aliphatic rings. The fourth-order valence-electron chi connectivity index (χ4n) is 2.70. The van der Waals surface area contributed by atoms with Crippen LogP contribution in [0.15, 0.2) is 88.8 Å². The van der Waals surface area contributed by atoms with Crippen molar-refractivity contribution in [1.29, 1.82) is 0 Å². The molecule has 144 valence electrons. The molecule has 6 heteroatoms. The highest BCUT2D eigenvalue weighted by atomic mass is 127. The summed E-state index contributed by atoms with van der Waals surface area (Å²) in [5, 5.41) is 3.40. The van der Waals surface area contributed by atoms with E-state index in [9.17, 15) is 4.79 Å². The number of hydrogen-bond acceptors (Lipinski definition) is 4. The van der Waals surface area contributed by atoms with Crippen molar-refractivity contribution >= 4 is 57.2 Å². The average Bonchev–Trinajstić information content (AvgIpc) is 3.08. The van der Waals surface area contributed by atoms with Crippen LogP contribution in [0.3, 0.4) is 0 Å². The first-order valence-corrected chi connectivity index (χ1v) is 10.9. The number of benzene rings is 3. The number of halogens is 1. The summed E-state index contributed by atoms with van der Waals surface area (Å²) >= 11 is 3.59. The molecule has 4 nitrogen and oxygen atoms in total. The van der Waals surface area contributed by atoms with Gasteiger partial charge in [-0.2, -0.15) is 0 Å². The van der Waals surface area contributed by atoms with Crippen molar-refractivity contribution in [3.8, 4) is 5.75 Å². The van der Waals surface area contributed by atoms with Crippen LogP contribution in [-0.4, -0.2) is 11.1 Å². The SMILES string of the molecule is O=C1NC(=Nc2ccc(I)cc2)S/C1=C/c1cccc(OCc2ccccc2)c1. The summed E-state index contributed by atoms with van der Waals surface area (Å²) in [6.45, 7) is 0.503. The van der Waals surface area contributed by atoms with E-state index < -0.39 is 0 Å². The van der Waals surface area contributed by atoms with Crippen LogP contribution in [-0.2, 0) is 11.4 Å². The highest BCUT2D eigenvalue weighted by Crippen LogP contribution is 2.29. The average molecular weight is 512 g/mol. The Morgan fingerprint density at radius 1 is 1.00 bits per heavy atom. The van der Waals surface area contributed by atoms with Gasteiger partial charge in [0.25, 0.3) is 5.91 Å². The van der Waals surface area contributed by atoms with Crippen LogP contribution in [0.25, 0.3) is 6.08 Å². The maximum Gasteiger partial charge on any atom is 0.264 e. The Labute approximate surface area is 187 Å². The molecule has 29 heavy (non-hydrogen) atoms. The van der Waals surface area contributed by atoms with Gasteiger partial charge in [0.2, 0.25) is 0 Å². The number of carbonyl (C=O) groups is 1. The number of amidine groups is 1. The molecule has 0 bridgehead atoms. The summed E-state index contributed by atoms with van der Waals surface area (Å²) in [5.41, 5.74) is 2.83. The lowest BCUT2D eigenvalue weighted by Crippen LogP contribution is -2.19. The lowest BCUT2D eigenvalue weighted by atomic mass is 10.2. The van der Waals surface area contributed by atoms with Crippen LogP contribution in [0.4, 0.5) is 5.69 Å². The highest BCUT2D eigenvalue weighted by molar-refractivity contribution is 14.1. The quantitative estimate of drug-likeness (QED) is 0.349. The Bertz CT molecular complexity index is 1080. The minimum absolute atomic E-state index is 0.144. The normalized spacial score (nSPS) is 16.2. The number of nitrogens with zero attached hydrogens (tertiary/aromatic N) is 1. The number of nitrogens with one attached hydrogen (secondary N) is 1. The van der Waals surface area contributed by atoms with E-state index in [1.54, 1.807) is 0 Å². The first-order chi connectivity index (χ1) is 14.2. The second-order valence-electron chi connectivity index (χ2n) is 6.30. The zero-order valence-electron chi connectivity index (χ0n) is 15.3. The predicted octanol–water partition coefficient (Wildman–Crippen LogP) is 5.76. The van der Waals surface area contributed by atoms with Crippen LogP contribution < -0.4 is 10.1 Å². The van der Waals surface area contributed by atoms with E-state index in [-0.39, 0.29) is 5.91 Å². The number of aliphatic imine (C=N–C) groups is 1. The highest BCUT2D eigenvalue weighted by Gasteiger charge is 2.23. The first-order valence-electron chi connectivity index (χ1n) is 8.98. The van der Waals surface area contributed by atoms with Gasteiger partial charge in [0, 0.05) is 3.57 Å². The van der Waals surface area contributed by atoms with Crippen LogP contribution in [0.5, 0.6) is 5.75 Å². The predicted molar refractivity (Wildman–Crippen MR) is 127 cm³/mol. The summed E-state index contributed by atoms with van der Waals surface area (Å²) in [5.74, 6) is 0.620. The summed E-state index contributed by atoms with van der Waals surface area (Å²) in [7, 11) is 0. The second kappa shape index (κ2) is 9.28. The van der Waals surface area contributed by atoms with Gasteiger partial charge in [0.1, 0.15) is 12.4 Å². The summed E-state index contributed by atoms with van der Waals surface area (Å²) in [4.78, 5) is 17.4. The van der Waals surface area contributed by atoms with Gasteiger partial charge in [0.15, 0.2) is 5.17 Å². The van der Waals surface area contributed by atoms with E-state index in [1.807, 2.05) is 84.9 Å². The second-order valence-corrected chi connectivity index (χ2v) is 8.58. The molecule has 1 fully saturated rings. The maximum atomic E-state index is 12.3. The molecule has 1 saturated heterocycles. The minimum atomic E-state index is -0.144. The summed E-state index contributed by atoms with van der Waals surface area (Å²) in [6, 6.07) is 25.6. The van der Waals surface area contributed by atoms with Crippen LogP contribution >= 0.6 is 34.4 Å². The molecule has 1 N–H and O–H groups in total. The third-order valence-corrected chi connectivity index (χ3v) is 5.74. The van der Waals surface area contributed by atoms with E-state index in [2.05, 4.69) is 32.9 Å². The Balaban J connectivity index is 1.46. The Morgan fingerprint density at radius 3 is 2.59 bits per heavy atom. The minimum Gasteiger partial charge on any atom is -0.489 e. The van der Waals surface area contributed by atoms with Crippen molar-refractivity contribution in [2.24, 2.45) is 4.99 Å². The smallest absolute Gasteiger partial charge is 0.264 e. The zero-order chi connectivity index (χ0) is 20.1.